The van der Waals surface area contributed by atoms with Gasteiger partial charge in [-0.25, -0.2) is 9.78 Å². The third-order valence-corrected chi connectivity index (χ3v) is 10.7. The Morgan fingerprint density at radius 2 is 1.61 bits per heavy atom. The number of para-hydroxylation sites is 2. The van der Waals surface area contributed by atoms with Gasteiger partial charge in [-0.2, -0.15) is 0 Å². The van der Waals surface area contributed by atoms with Crippen LogP contribution in [0, 0.1) is 6.92 Å². The molecule has 2 bridgehead atoms. The molecule has 0 spiro atoms. The first-order chi connectivity index (χ1) is 21.5. The number of nitrogens with zero attached hydrogens (tertiary/aromatic N) is 5. The van der Waals surface area contributed by atoms with Crippen molar-refractivity contribution in [2.75, 3.05) is 26.7 Å². The molecule has 44 heavy (non-hydrogen) atoms. The lowest BCUT2D eigenvalue weighted by Gasteiger charge is -2.45. The predicted octanol–water partition coefficient (Wildman–Crippen LogP) is 5.96. The minimum atomic E-state index is -0.535. The van der Waals surface area contributed by atoms with Crippen LogP contribution in [0.4, 0.5) is 0 Å². The Labute approximate surface area is 259 Å². The number of hydrogen-bond donors (Lipinski definition) is 0. The maximum atomic E-state index is 13.6. The summed E-state index contributed by atoms with van der Waals surface area (Å²) >= 11 is 0. The fraction of sp³-hybridized carbons (Fsp3) is 0.444. The number of imidazole rings is 1. The molecule has 0 aliphatic carbocycles. The fourth-order valence-electron chi connectivity index (χ4n) is 8.40. The number of esters is 1. The van der Waals surface area contributed by atoms with Gasteiger partial charge in [0.2, 0.25) is 0 Å². The Hall–Kier alpha value is -4.04. The second kappa shape index (κ2) is 11.8. The van der Waals surface area contributed by atoms with Gasteiger partial charge < -0.3 is 14.2 Å². The SMILES string of the molecule is COC(=O)c1cccnc1C(=O)N1CCC(CCN2C3CCC2CC(n2c(C)nc4ccccc42)C3)(c2ccccc2)CC1. The number of pyridine rings is 1. The van der Waals surface area contributed by atoms with Crippen molar-refractivity contribution in [3.8, 4) is 0 Å². The highest BCUT2D eigenvalue weighted by Gasteiger charge is 2.44. The highest BCUT2D eigenvalue weighted by Crippen LogP contribution is 2.45. The van der Waals surface area contributed by atoms with E-state index in [1.54, 1.807) is 18.3 Å². The molecule has 3 aliphatic rings. The molecular weight excluding hydrogens is 550 g/mol. The van der Waals surface area contributed by atoms with Crippen LogP contribution in [-0.4, -0.2) is 75.0 Å². The number of piperidine rings is 2. The van der Waals surface area contributed by atoms with Crippen molar-refractivity contribution in [2.24, 2.45) is 0 Å². The van der Waals surface area contributed by atoms with Crippen LogP contribution in [0.2, 0.25) is 0 Å². The number of hydrogen-bond acceptors (Lipinski definition) is 6. The topological polar surface area (TPSA) is 80.6 Å². The van der Waals surface area contributed by atoms with Gasteiger partial charge in [0, 0.05) is 37.4 Å². The Kier molecular flexibility index (Phi) is 7.70. The molecule has 2 aromatic heterocycles. The van der Waals surface area contributed by atoms with Gasteiger partial charge in [0.15, 0.2) is 0 Å². The minimum absolute atomic E-state index is 0.000756. The average molecular weight is 592 g/mol. The summed E-state index contributed by atoms with van der Waals surface area (Å²) in [5.74, 6) is 0.389. The number of methoxy groups -OCH3 is 1. The van der Waals surface area contributed by atoms with Gasteiger partial charge in [0.05, 0.1) is 23.7 Å². The van der Waals surface area contributed by atoms with Crippen LogP contribution in [0.5, 0.6) is 0 Å². The Bertz CT molecular complexity index is 1640. The van der Waals surface area contributed by atoms with E-state index in [9.17, 15) is 9.59 Å². The molecule has 3 aliphatic heterocycles. The Morgan fingerprint density at radius 3 is 2.34 bits per heavy atom. The molecule has 2 aromatic carbocycles. The lowest BCUT2D eigenvalue weighted by Crippen LogP contribution is -2.49. The van der Waals surface area contributed by atoms with Gasteiger partial charge in [0.25, 0.3) is 5.91 Å². The molecule has 8 nitrogen and oxygen atoms in total. The molecule has 2 unspecified atom stereocenters. The number of aromatic nitrogens is 3. The van der Waals surface area contributed by atoms with E-state index in [0.717, 1.165) is 37.1 Å². The molecule has 0 radical (unpaired) electrons. The predicted molar refractivity (Wildman–Crippen MR) is 170 cm³/mol. The molecule has 0 saturated carbocycles. The van der Waals surface area contributed by atoms with Crippen molar-refractivity contribution in [1.29, 1.82) is 0 Å². The van der Waals surface area contributed by atoms with Gasteiger partial charge >= 0.3 is 5.97 Å². The molecule has 3 saturated heterocycles. The molecule has 8 heteroatoms. The Balaban J connectivity index is 1.07. The molecule has 0 N–H and O–H groups in total. The van der Waals surface area contributed by atoms with E-state index in [1.165, 1.54) is 43.9 Å². The third kappa shape index (κ3) is 5.09. The molecule has 2 atom stereocenters. The number of benzene rings is 2. The van der Waals surface area contributed by atoms with Crippen molar-refractivity contribution in [2.45, 2.75) is 75.4 Å². The number of carbonyl (C=O) groups excluding carboxylic acids is 2. The first kappa shape index (κ1) is 28.7. The van der Waals surface area contributed by atoms with Crippen LogP contribution in [0.15, 0.2) is 72.9 Å². The highest BCUT2D eigenvalue weighted by molar-refractivity contribution is 6.03. The fourth-order valence-corrected chi connectivity index (χ4v) is 8.40. The van der Waals surface area contributed by atoms with Gasteiger partial charge in [-0.05, 0) is 93.7 Å². The molecule has 228 valence electrons. The first-order valence-electron chi connectivity index (χ1n) is 16.0. The number of likely N-dealkylation sites (tertiary alicyclic amines) is 1. The van der Waals surface area contributed by atoms with Gasteiger partial charge in [0.1, 0.15) is 11.5 Å². The summed E-state index contributed by atoms with van der Waals surface area (Å²) in [6.07, 6.45) is 9.27. The number of rotatable bonds is 7. The van der Waals surface area contributed by atoms with E-state index in [1.807, 2.05) is 4.90 Å². The largest absolute Gasteiger partial charge is 0.465 e. The summed E-state index contributed by atoms with van der Waals surface area (Å²) in [6.45, 7) is 4.49. The zero-order chi connectivity index (χ0) is 30.3. The van der Waals surface area contributed by atoms with E-state index in [-0.39, 0.29) is 22.6 Å². The summed E-state index contributed by atoms with van der Waals surface area (Å²) in [5, 5.41) is 0. The van der Waals surface area contributed by atoms with Crippen LogP contribution in [0.3, 0.4) is 0 Å². The van der Waals surface area contributed by atoms with Crippen molar-refractivity contribution in [3.63, 3.8) is 0 Å². The summed E-state index contributed by atoms with van der Waals surface area (Å²) < 4.78 is 7.41. The van der Waals surface area contributed by atoms with E-state index in [2.05, 4.69) is 76.0 Å². The summed E-state index contributed by atoms with van der Waals surface area (Å²) in [6, 6.07) is 24.4. The molecule has 3 fully saturated rings. The number of amides is 1. The normalized spacial score (nSPS) is 23.1. The van der Waals surface area contributed by atoms with E-state index in [0.29, 0.717) is 31.2 Å². The lowest BCUT2D eigenvalue weighted by molar-refractivity contribution is 0.0559. The van der Waals surface area contributed by atoms with Crippen LogP contribution >= 0.6 is 0 Å². The van der Waals surface area contributed by atoms with Gasteiger partial charge in [-0.15, -0.1) is 0 Å². The zero-order valence-corrected chi connectivity index (χ0v) is 25.7. The average Bonchev–Trinajstić information content (AvgIpc) is 3.53. The summed E-state index contributed by atoms with van der Waals surface area (Å²) in [5.41, 5.74) is 4.11. The quantitative estimate of drug-likeness (QED) is 0.247. The second-order valence-corrected chi connectivity index (χ2v) is 12.8. The Morgan fingerprint density at radius 1 is 0.909 bits per heavy atom. The first-order valence-corrected chi connectivity index (χ1v) is 16.0. The molecule has 7 rings (SSSR count). The molecular formula is C36H41N5O3. The molecule has 1 amide bonds. The monoisotopic (exact) mass is 591 g/mol. The summed E-state index contributed by atoms with van der Waals surface area (Å²) in [7, 11) is 1.33. The van der Waals surface area contributed by atoms with Crippen molar-refractivity contribution >= 4 is 22.9 Å². The number of fused-ring (bicyclic) bond motifs is 3. The zero-order valence-electron chi connectivity index (χ0n) is 25.7. The second-order valence-electron chi connectivity index (χ2n) is 12.8. The molecule has 4 aromatic rings. The highest BCUT2D eigenvalue weighted by atomic mass is 16.5. The van der Waals surface area contributed by atoms with Crippen LogP contribution < -0.4 is 0 Å². The van der Waals surface area contributed by atoms with Crippen molar-refractivity contribution in [3.05, 3.63) is 95.6 Å². The maximum absolute atomic E-state index is 13.6. The van der Waals surface area contributed by atoms with Gasteiger partial charge in [-0.3, -0.25) is 14.7 Å². The number of ether oxygens (including phenoxy) is 1. The number of aryl methyl sites for hydroxylation is 1. The standard InChI is InChI=1S/C36H41N5O3/c1-25-38-31-12-6-7-13-32(31)41(25)29-23-27-14-15-28(24-29)40(27)22-18-36(26-9-4-3-5-10-26)16-20-39(21-17-36)34(42)33-30(35(43)44-2)11-8-19-37-33/h3-13,19,27-29H,14-18,20-24H2,1-2H3. The van der Waals surface area contributed by atoms with Crippen molar-refractivity contribution in [1.82, 2.24) is 24.3 Å². The van der Waals surface area contributed by atoms with Gasteiger partial charge in [-0.1, -0.05) is 42.5 Å². The van der Waals surface area contributed by atoms with E-state index >= 15 is 0 Å². The lowest BCUT2D eigenvalue weighted by atomic mass is 9.70. The van der Waals surface area contributed by atoms with Crippen molar-refractivity contribution < 1.29 is 14.3 Å². The number of carbonyl (C=O) groups is 2. The van der Waals surface area contributed by atoms with Crippen LogP contribution in [0.1, 0.15) is 83.2 Å². The van der Waals surface area contributed by atoms with Crippen LogP contribution in [0.25, 0.3) is 11.0 Å². The third-order valence-electron chi connectivity index (χ3n) is 10.7. The molecule has 5 heterocycles. The smallest absolute Gasteiger partial charge is 0.340 e. The van der Waals surface area contributed by atoms with Crippen LogP contribution in [-0.2, 0) is 10.2 Å². The van der Waals surface area contributed by atoms with E-state index in [4.69, 9.17) is 9.72 Å². The minimum Gasteiger partial charge on any atom is -0.465 e. The summed E-state index contributed by atoms with van der Waals surface area (Å²) in [4.78, 5) is 39.7. The maximum Gasteiger partial charge on any atom is 0.340 e. The van der Waals surface area contributed by atoms with E-state index < -0.39 is 5.97 Å².